The molecule has 276 valence electrons. The molecule has 0 amide bonds. The Morgan fingerprint density at radius 1 is 0.446 bits per heavy atom. The quantitative estimate of drug-likeness (QED) is 0.176. The minimum atomic E-state index is -0.0744. The Morgan fingerprint density at radius 2 is 0.982 bits per heavy atom. The van der Waals surface area contributed by atoms with Gasteiger partial charge in [0.1, 0.15) is 0 Å². The molecule has 1 heteroatoms. The van der Waals surface area contributed by atoms with E-state index in [1.807, 2.05) is 0 Å². The minimum Gasteiger partial charge on any atom is -0.310 e. The second kappa shape index (κ2) is 11.2. The van der Waals surface area contributed by atoms with Crippen molar-refractivity contribution in [3.63, 3.8) is 0 Å². The molecule has 6 aromatic carbocycles. The van der Waals surface area contributed by atoms with Gasteiger partial charge in [-0.2, -0.15) is 0 Å². The molecule has 0 saturated heterocycles. The summed E-state index contributed by atoms with van der Waals surface area (Å²) >= 11 is 0. The van der Waals surface area contributed by atoms with Crippen molar-refractivity contribution in [3.8, 4) is 33.4 Å². The molecule has 0 unspecified atom stereocenters. The summed E-state index contributed by atoms with van der Waals surface area (Å²) in [6, 6.07) is 50.6. The molecule has 0 N–H and O–H groups in total. The van der Waals surface area contributed by atoms with Gasteiger partial charge in [0.25, 0.3) is 0 Å². The van der Waals surface area contributed by atoms with Crippen LogP contribution in [-0.2, 0) is 16.2 Å². The summed E-state index contributed by atoms with van der Waals surface area (Å²) in [5.74, 6) is 3.35. The highest BCUT2D eigenvalue weighted by molar-refractivity contribution is 5.97. The molecule has 0 atom stereocenters. The zero-order valence-corrected chi connectivity index (χ0v) is 33.0. The average Bonchev–Trinajstić information content (AvgIpc) is 3.77. The normalized spacial score (nSPS) is 27.1. The molecule has 14 rings (SSSR count). The molecule has 0 aromatic heterocycles. The summed E-state index contributed by atoms with van der Waals surface area (Å²) in [5, 5.41) is 0. The van der Waals surface area contributed by atoms with Crippen molar-refractivity contribution < 1.29 is 0 Å². The van der Waals surface area contributed by atoms with Crippen LogP contribution in [0, 0.1) is 23.7 Å². The second-order valence-electron chi connectivity index (χ2n) is 19.6. The Bertz CT molecular complexity index is 2600. The van der Waals surface area contributed by atoms with Crippen LogP contribution in [0.15, 0.2) is 127 Å². The summed E-state index contributed by atoms with van der Waals surface area (Å²) in [7, 11) is 0. The first kappa shape index (κ1) is 32.2. The molecule has 5 fully saturated rings. The maximum atomic E-state index is 2.70. The summed E-state index contributed by atoms with van der Waals surface area (Å²) < 4.78 is 0. The van der Waals surface area contributed by atoms with Crippen molar-refractivity contribution >= 4 is 17.1 Å². The molecule has 4 bridgehead atoms. The van der Waals surface area contributed by atoms with Gasteiger partial charge in [0.05, 0.1) is 5.69 Å². The fourth-order valence-electron chi connectivity index (χ4n) is 14.9. The van der Waals surface area contributed by atoms with E-state index in [2.05, 4.69) is 146 Å². The van der Waals surface area contributed by atoms with E-state index in [0.717, 1.165) is 23.7 Å². The van der Waals surface area contributed by atoms with Crippen LogP contribution in [0.1, 0.15) is 111 Å². The van der Waals surface area contributed by atoms with Crippen molar-refractivity contribution in [2.75, 3.05) is 4.90 Å². The molecule has 8 aliphatic carbocycles. The van der Waals surface area contributed by atoms with Gasteiger partial charge in [-0.1, -0.05) is 130 Å². The highest BCUT2D eigenvalue weighted by Gasteiger charge is 2.62. The number of rotatable bonds is 3. The first-order chi connectivity index (χ1) is 27.5. The predicted molar refractivity (Wildman–Crippen MR) is 231 cm³/mol. The maximum Gasteiger partial charge on any atom is 0.0543 e. The molecule has 56 heavy (non-hydrogen) atoms. The fourth-order valence-corrected chi connectivity index (χ4v) is 14.9. The van der Waals surface area contributed by atoms with Gasteiger partial charge in [0, 0.05) is 33.2 Å². The molecule has 0 aliphatic heterocycles. The van der Waals surface area contributed by atoms with E-state index in [4.69, 9.17) is 0 Å². The zero-order chi connectivity index (χ0) is 37.0. The number of hydrogen-bond donors (Lipinski definition) is 0. The lowest BCUT2D eigenvalue weighted by molar-refractivity contribution is -0.0399. The minimum absolute atomic E-state index is 0.0744. The van der Waals surface area contributed by atoms with Crippen LogP contribution in [0.5, 0.6) is 0 Å². The Kier molecular flexibility index (Phi) is 6.42. The van der Waals surface area contributed by atoms with Crippen LogP contribution in [0.4, 0.5) is 17.1 Å². The monoisotopic (exact) mass is 725 g/mol. The van der Waals surface area contributed by atoms with E-state index in [1.165, 1.54) is 126 Å². The number of benzene rings is 6. The Labute approximate surface area is 332 Å². The molecule has 0 heterocycles. The van der Waals surface area contributed by atoms with E-state index < -0.39 is 0 Å². The van der Waals surface area contributed by atoms with Gasteiger partial charge in [-0.3, -0.25) is 0 Å². The van der Waals surface area contributed by atoms with Crippen molar-refractivity contribution in [3.05, 3.63) is 161 Å². The zero-order valence-electron chi connectivity index (χ0n) is 33.0. The number of anilines is 3. The smallest absolute Gasteiger partial charge is 0.0543 e. The van der Waals surface area contributed by atoms with Gasteiger partial charge in [-0.05, 0) is 160 Å². The van der Waals surface area contributed by atoms with Crippen LogP contribution in [0.25, 0.3) is 33.4 Å². The summed E-state index contributed by atoms with van der Waals surface area (Å²) in [4.78, 5) is 2.70. The van der Waals surface area contributed by atoms with Gasteiger partial charge in [0.15, 0.2) is 0 Å². The predicted octanol–water partition coefficient (Wildman–Crippen LogP) is 14.4. The Hall–Kier alpha value is -4.88. The van der Waals surface area contributed by atoms with Crippen molar-refractivity contribution in [1.29, 1.82) is 0 Å². The highest BCUT2D eigenvalue weighted by atomic mass is 15.1. The third-order valence-corrected chi connectivity index (χ3v) is 16.8. The van der Waals surface area contributed by atoms with Crippen LogP contribution in [0.2, 0.25) is 0 Å². The number of nitrogens with zero attached hydrogens (tertiary/aromatic N) is 1. The summed E-state index contributed by atoms with van der Waals surface area (Å²) in [6.45, 7) is 4.86. The molecule has 5 saturated carbocycles. The first-order valence-electron chi connectivity index (χ1n) is 22.0. The maximum absolute atomic E-state index is 2.70. The topological polar surface area (TPSA) is 3.24 Å². The van der Waals surface area contributed by atoms with Gasteiger partial charge < -0.3 is 4.90 Å². The lowest BCUT2D eigenvalue weighted by Crippen LogP contribution is -2.55. The van der Waals surface area contributed by atoms with Crippen LogP contribution < -0.4 is 4.90 Å². The first-order valence-corrected chi connectivity index (χ1v) is 22.0. The highest BCUT2D eigenvalue weighted by Crippen LogP contribution is 2.70. The second-order valence-corrected chi connectivity index (χ2v) is 19.6. The molecule has 0 radical (unpaired) electrons. The fraction of sp³-hybridized carbons (Fsp3) is 0.345. The van der Waals surface area contributed by atoms with Gasteiger partial charge in [-0.15, -0.1) is 0 Å². The molecular formula is C55H51N. The largest absolute Gasteiger partial charge is 0.310 e. The van der Waals surface area contributed by atoms with Crippen LogP contribution >= 0.6 is 0 Å². The van der Waals surface area contributed by atoms with Gasteiger partial charge in [0.2, 0.25) is 0 Å². The van der Waals surface area contributed by atoms with E-state index >= 15 is 0 Å². The number of fused-ring (bicyclic) bond motifs is 11. The summed E-state index contributed by atoms with van der Waals surface area (Å²) in [5.41, 5.74) is 22.0. The van der Waals surface area contributed by atoms with Gasteiger partial charge in [-0.25, -0.2) is 0 Å². The Morgan fingerprint density at radius 3 is 1.68 bits per heavy atom. The molecule has 8 aliphatic rings. The lowest BCUT2D eigenvalue weighted by atomic mass is 9.43. The van der Waals surface area contributed by atoms with E-state index in [-0.39, 0.29) is 16.2 Å². The Balaban J connectivity index is 1.07. The number of hydrogen-bond acceptors (Lipinski definition) is 1. The van der Waals surface area contributed by atoms with E-state index in [0.29, 0.717) is 0 Å². The van der Waals surface area contributed by atoms with E-state index in [1.54, 1.807) is 22.3 Å². The molecular weight excluding hydrogens is 675 g/mol. The summed E-state index contributed by atoms with van der Waals surface area (Å²) in [6.07, 6.45) is 13.5. The van der Waals surface area contributed by atoms with Crippen LogP contribution in [-0.4, -0.2) is 0 Å². The van der Waals surface area contributed by atoms with Crippen molar-refractivity contribution in [2.24, 2.45) is 23.7 Å². The van der Waals surface area contributed by atoms with Crippen molar-refractivity contribution in [1.82, 2.24) is 0 Å². The molecule has 2 spiro atoms. The average molecular weight is 726 g/mol. The lowest BCUT2D eigenvalue weighted by Gasteiger charge is -2.61. The standard InChI is InChI=1S/C55H51N/c1-53(2)45-16-7-4-13-40(45)42-23-21-38(32-49(42)53)56(39-22-24-43-41-14-5-8-17-46(41)54(50(43)33-39)25-10-3-11-26-54)51-20-12-19-48-52(51)44-15-6-9-18-47(44)55(48)36-28-34-27-35(30-36)31-37(55)29-34/h4-9,12-24,32-37H,3,10-11,25-31H2,1-2H3. The SMILES string of the molecule is CC1(C)c2ccccc2-c2ccc(N(c3ccc4c(c3)C3(CCCCC3)c3ccccc3-4)c3cccc4c3-c3ccccc3C43C4CC5CC(C4)CC3C5)cc21. The van der Waals surface area contributed by atoms with Crippen molar-refractivity contribution in [2.45, 2.75) is 94.3 Å². The van der Waals surface area contributed by atoms with Gasteiger partial charge >= 0.3 is 0 Å². The molecule has 6 aromatic rings. The van der Waals surface area contributed by atoms with Crippen LogP contribution in [0.3, 0.4) is 0 Å². The third-order valence-electron chi connectivity index (χ3n) is 16.8. The third kappa shape index (κ3) is 3.93. The van der Waals surface area contributed by atoms with E-state index in [9.17, 15) is 0 Å². The molecule has 1 nitrogen and oxygen atoms in total.